The summed E-state index contributed by atoms with van der Waals surface area (Å²) in [7, 11) is -2.09. The van der Waals surface area contributed by atoms with Crippen LogP contribution in [0.2, 0.25) is 39.3 Å². The van der Waals surface area contributed by atoms with Crippen molar-refractivity contribution in [3.63, 3.8) is 0 Å². The van der Waals surface area contributed by atoms with Crippen molar-refractivity contribution < 1.29 is 14.1 Å². The van der Waals surface area contributed by atoms with E-state index in [9.17, 15) is 4.79 Å². The quantitative estimate of drug-likeness (QED) is 0.625. The number of nitrogens with zero attached hydrogens (tertiary/aromatic N) is 2. The monoisotopic (exact) mass is 336 g/mol. The van der Waals surface area contributed by atoms with Gasteiger partial charge in [-0.1, -0.05) is 24.8 Å². The molecule has 0 aliphatic carbocycles. The summed E-state index contributed by atoms with van der Waals surface area (Å²) >= 11 is 0. The van der Waals surface area contributed by atoms with Crippen LogP contribution in [-0.4, -0.2) is 35.3 Å². The Morgan fingerprint density at radius 3 is 2.23 bits per heavy atom. The van der Waals surface area contributed by atoms with Crippen molar-refractivity contribution in [2.75, 3.05) is 11.7 Å². The second-order valence-electron chi connectivity index (χ2n) is 7.34. The average Bonchev–Trinajstić information content (AvgIpc) is 2.65. The fraction of sp³-hybridized carbons (Fsp3) is 0.467. The number of carbonyl (C=O) groups excluding carboxylic acids is 1. The molecule has 0 radical (unpaired) electrons. The molecule has 0 saturated heterocycles. The first kappa shape index (κ1) is 16.8. The summed E-state index contributed by atoms with van der Waals surface area (Å²) in [6.45, 7) is 12.5. The van der Waals surface area contributed by atoms with Crippen LogP contribution in [0.5, 0.6) is 5.75 Å². The van der Waals surface area contributed by atoms with E-state index in [1.54, 1.807) is 7.11 Å². The smallest absolute Gasteiger partial charge is 0.278 e. The molecule has 22 heavy (non-hydrogen) atoms. The van der Waals surface area contributed by atoms with Crippen molar-refractivity contribution in [1.29, 1.82) is 0 Å². The topological polar surface area (TPSA) is 51.1 Å². The fourth-order valence-electron chi connectivity index (χ4n) is 2.29. The Bertz CT molecular complexity index is 631. The van der Waals surface area contributed by atoms with Crippen LogP contribution in [0, 0.1) is 0 Å². The van der Waals surface area contributed by atoms with E-state index in [0.717, 1.165) is 11.3 Å². The first-order chi connectivity index (χ1) is 10.0. The zero-order valence-electron chi connectivity index (χ0n) is 14.4. The number of oxime groups is 1. The molecule has 7 heteroatoms. The van der Waals surface area contributed by atoms with E-state index in [1.807, 2.05) is 42.4 Å². The lowest BCUT2D eigenvalue weighted by Crippen LogP contribution is -2.49. The highest BCUT2D eigenvalue weighted by Gasteiger charge is 2.42. The Morgan fingerprint density at radius 1 is 1.09 bits per heavy atom. The lowest BCUT2D eigenvalue weighted by atomic mass is 10.1. The number of rotatable bonds is 4. The molecule has 0 fully saturated rings. The van der Waals surface area contributed by atoms with Gasteiger partial charge in [0.2, 0.25) is 0 Å². The third-order valence-corrected chi connectivity index (χ3v) is 5.61. The van der Waals surface area contributed by atoms with Crippen molar-refractivity contribution in [3.05, 3.63) is 23.8 Å². The molecule has 1 aromatic carbocycles. The number of fused-ring (bicyclic) bond motifs is 1. The standard InChI is InChI=1S/C15H24N2O3Si2/c1-19-11-8-9-13-12(10-11)14(16-20-22(5,6)7)15(18)17(13)21(2,3)4/h8-10H,1-7H3/b16-14+. The van der Waals surface area contributed by atoms with Crippen LogP contribution >= 0.6 is 0 Å². The predicted octanol–water partition coefficient (Wildman–Crippen LogP) is 3.43. The summed E-state index contributed by atoms with van der Waals surface area (Å²) in [5.74, 6) is 0.644. The second-order valence-corrected chi connectivity index (χ2v) is 16.5. The third-order valence-electron chi connectivity index (χ3n) is 3.19. The maximum absolute atomic E-state index is 12.9. The molecule has 0 spiro atoms. The highest BCUT2D eigenvalue weighted by molar-refractivity contribution is 6.87. The van der Waals surface area contributed by atoms with Crippen LogP contribution in [0.25, 0.3) is 0 Å². The zero-order valence-corrected chi connectivity index (χ0v) is 16.4. The van der Waals surface area contributed by atoms with Crippen LogP contribution in [0.3, 0.4) is 0 Å². The molecule has 0 bridgehead atoms. The van der Waals surface area contributed by atoms with Crippen molar-refractivity contribution >= 4 is 33.9 Å². The van der Waals surface area contributed by atoms with Crippen molar-refractivity contribution in [1.82, 2.24) is 0 Å². The largest absolute Gasteiger partial charge is 0.497 e. The Balaban J connectivity index is 2.56. The molecule has 0 aromatic heterocycles. The second kappa shape index (κ2) is 5.55. The number of carbonyl (C=O) groups is 1. The summed E-state index contributed by atoms with van der Waals surface area (Å²) in [5.41, 5.74) is 2.09. The van der Waals surface area contributed by atoms with E-state index in [2.05, 4.69) is 24.8 Å². The van der Waals surface area contributed by atoms with E-state index in [0.29, 0.717) is 11.5 Å². The van der Waals surface area contributed by atoms with Gasteiger partial charge in [0.05, 0.1) is 7.11 Å². The van der Waals surface area contributed by atoms with E-state index in [-0.39, 0.29) is 5.91 Å². The summed E-state index contributed by atoms with van der Waals surface area (Å²) in [5, 5.41) is 4.21. The Labute approximate surface area is 134 Å². The van der Waals surface area contributed by atoms with E-state index in [1.165, 1.54) is 0 Å². The first-order valence-electron chi connectivity index (χ1n) is 7.34. The molecule has 5 nitrogen and oxygen atoms in total. The SMILES string of the molecule is COc1ccc2c(c1)/C(=N\O[Si](C)(C)C)C(=O)N2[Si](C)(C)C. The first-order valence-corrected chi connectivity index (χ1v) is 14.2. The van der Waals surface area contributed by atoms with Crippen molar-refractivity contribution in [2.24, 2.45) is 5.16 Å². The minimum Gasteiger partial charge on any atom is -0.497 e. The molecule has 1 aliphatic heterocycles. The van der Waals surface area contributed by atoms with Gasteiger partial charge in [-0.2, -0.15) is 0 Å². The maximum Gasteiger partial charge on any atom is 0.278 e. The Hall–Kier alpha value is -1.61. The molecule has 120 valence electrons. The van der Waals surface area contributed by atoms with Gasteiger partial charge in [0, 0.05) is 11.3 Å². The van der Waals surface area contributed by atoms with Crippen LogP contribution in [0.4, 0.5) is 5.69 Å². The van der Waals surface area contributed by atoms with Gasteiger partial charge in [-0.15, -0.1) is 0 Å². The highest BCUT2D eigenvalue weighted by atomic mass is 28.4. The molecule has 2 rings (SSSR count). The van der Waals surface area contributed by atoms with Gasteiger partial charge in [0.1, 0.15) is 5.75 Å². The van der Waals surface area contributed by atoms with Gasteiger partial charge in [0.25, 0.3) is 14.2 Å². The van der Waals surface area contributed by atoms with Crippen LogP contribution in [0.15, 0.2) is 23.4 Å². The predicted molar refractivity (Wildman–Crippen MR) is 94.8 cm³/mol. The van der Waals surface area contributed by atoms with Crippen LogP contribution < -0.4 is 9.30 Å². The normalized spacial score (nSPS) is 17.0. The van der Waals surface area contributed by atoms with Crippen LogP contribution in [0.1, 0.15) is 5.56 Å². The van der Waals surface area contributed by atoms with Gasteiger partial charge in [0.15, 0.2) is 13.9 Å². The van der Waals surface area contributed by atoms with E-state index in [4.69, 9.17) is 9.26 Å². The maximum atomic E-state index is 12.9. The van der Waals surface area contributed by atoms with Gasteiger partial charge >= 0.3 is 0 Å². The average molecular weight is 337 g/mol. The summed E-state index contributed by atoms with van der Waals surface area (Å²) < 4.78 is 12.8. The molecular formula is C15H24N2O3Si2. The number of amides is 1. The van der Waals surface area contributed by atoms with Crippen LogP contribution in [-0.2, 0) is 9.32 Å². The van der Waals surface area contributed by atoms with Gasteiger partial charge < -0.3 is 13.8 Å². The number of benzene rings is 1. The summed E-state index contributed by atoms with van der Waals surface area (Å²) in [6.07, 6.45) is 0. The Kier molecular flexibility index (Phi) is 4.23. The highest BCUT2D eigenvalue weighted by Crippen LogP contribution is 2.36. The number of hydrogen-bond donors (Lipinski definition) is 0. The molecule has 1 aromatic rings. The Morgan fingerprint density at radius 2 is 1.73 bits per heavy atom. The molecule has 1 amide bonds. The van der Waals surface area contributed by atoms with Gasteiger partial charge in [-0.25, -0.2) is 0 Å². The summed E-state index contributed by atoms with van der Waals surface area (Å²) in [6, 6.07) is 5.67. The molecule has 0 atom stereocenters. The molecule has 0 N–H and O–H groups in total. The minimum absolute atomic E-state index is 0.0688. The summed E-state index contributed by atoms with van der Waals surface area (Å²) in [4.78, 5) is 12.9. The zero-order chi connectivity index (χ0) is 16.7. The lowest BCUT2D eigenvalue weighted by Gasteiger charge is -2.30. The number of methoxy groups -OCH3 is 1. The molecule has 1 heterocycles. The van der Waals surface area contributed by atoms with Crippen molar-refractivity contribution in [2.45, 2.75) is 39.3 Å². The van der Waals surface area contributed by atoms with E-state index >= 15 is 0 Å². The number of anilines is 1. The third kappa shape index (κ3) is 3.25. The number of hydrogen-bond acceptors (Lipinski definition) is 4. The van der Waals surface area contributed by atoms with Gasteiger partial charge in [-0.05, 0) is 37.8 Å². The molecule has 0 unspecified atom stereocenters. The lowest BCUT2D eigenvalue weighted by molar-refractivity contribution is -0.111. The van der Waals surface area contributed by atoms with Gasteiger partial charge in [-0.3, -0.25) is 4.79 Å². The molecular weight excluding hydrogens is 312 g/mol. The minimum atomic E-state index is -1.86. The van der Waals surface area contributed by atoms with E-state index < -0.39 is 16.6 Å². The number of ether oxygens (including phenoxy) is 1. The molecule has 1 aliphatic rings. The van der Waals surface area contributed by atoms with Crippen molar-refractivity contribution in [3.8, 4) is 5.75 Å². The fourth-order valence-corrected chi connectivity index (χ4v) is 4.29. The molecule has 0 saturated carbocycles.